The highest BCUT2D eigenvalue weighted by molar-refractivity contribution is 7.10. The third-order valence-electron chi connectivity index (χ3n) is 3.28. The summed E-state index contributed by atoms with van der Waals surface area (Å²) in [5.41, 5.74) is 1.49. The van der Waals surface area contributed by atoms with Crippen LogP contribution in [0.5, 0.6) is 0 Å². The monoisotopic (exact) mass is 311 g/mol. The molecular weight excluding hydrogens is 292 g/mol. The Hall–Kier alpha value is -1.30. The number of nitrogens with zero attached hydrogens (tertiary/aromatic N) is 1. The smallest absolute Gasteiger partial charge is 0.163 e. The molecule has 1 N–H and O–H groups in total. The van der Waals surface area contributed by atoms with E-state index in [-0.39, 0.29) is 6.54 Å². The van der Waals surface area contributed by atoms with Gasteiger partial charge in [-0.3, -0.25) is 4.90 Å². The molecule has 0 radical (unpaired) electrons. The van der Waals surface area contributed by atoms with Gasteiger partial charge in [0.05, 0.1) is 6.10 Å². The molecule has 0 spiro atoms. The van der Waals surface area contributed by atoms with Crippen molar-refractivity contribution in [2.75, 3.05) is 6.54 Å². The fourth-order valence-electron chi connectivity index (χ4n) is 2.24. The first kappa shape index (κ1) is 16.1. The zero-order valence-corrected chi connectivity index (χ0v) is 13.0. The summed E-state index contributed by atoms with van der Waals surface area (Å²) in [6.45, 7) is 5.01. The van der Waals surface area contributed by atoms with Gasteiger partial charge in [-0.25, -0.2) is 8.78 Å². The van der Waals surface area contributed by atoms with Gasteiger partial charge in [0.1, 0.15) is 0 Å². The number of hydrogen-bond acceptors (Lipinski definition) is 3. The van der Waals surface area contributed by atoms with Crippen LogP contribution in [-0.4, -0.2) is 22.7 Å². The Kier molecular flexibility index (Phi) is 5.45. The standard InChI is InChI=1S/C16H19F2NOS/c1-11-6-7-21-15(11)10-19(8-12(2)20)9-13-4-3-5-14(17)16(13)18/h3-7,12,20H,8-10H2,1-2H3. The lowest BCUT2D eigenvalue weighted by molar-refractivity contribution is 0.117. The van der Waals surface area contributed by atoms with E-state index in [1.807, 2.05) is 23.3 Å². The molecule has 0 fully saturated rings. The van der Waals surface area contributed by atoms with Crippen molar-refractivity contribution in [3.05, 3.63) is 57.3 Å². The van der Waals surface area contributed by atoms with Gasteiger partial charge in [-0.2, -0.15) is 0 Å². The van der Waals surface area contributed by atoms with E-state index >= 15 is 0 Å². The third-order valence-corrected chi connectivity index (χ3v) is 4.29. The molecule has 1 aromatic carbocycles. The molecule has 2 nitrogen and oxygen atoms in total. The summed E-state index contributed by atoms with van der Waals surface area (Å²) in [7, 11) is 0. The Morgan fingerprint density at radius 2 is 2.00 bits per heavy atom. The molecule has 0 aliphatic heterocycles. The summed E-state index contributed by atoms with van der Waals surface area (Å²) in [4.78, 5) is 3.11. The molecule has 1 unspecified atom stereocenters. The second-order valence-electron chi connectivity index (χ2n) is 5.26. The summed E-state index contributed by atoms with van der Waals surface area (Å²) >= 11 is 1.63. The first-order valence-electron chi connectivity index (χ1n) is 6.83. The van der Waals surface area contributed by atoms with E-state index in [2.05, 4.69) is 0 Å². The number of aliphatic hydroxyl groups is 1. The van der Waals surface area contributed by atoms with Crippen molar-refractivity contribution in [2.24, 2.45) is 0 Å². The van der Waals surface area contributed by atoms with E-state index in [0.29, 0.717) is 18.7 Å². The van der Waals surface area contributed by atoms with E-state index in [1.54, 1.807) is 24.3 Å². The van der Waals surface area contributed by atoms with E-state index < -0.39 is 17.7 Å². The minimum atomic E-state index is -0.836. The van der Waals surface area contributed by atoms with Crippen molar-refractivity contribution in [1.29, 1.82) is 0 Å². The summed E-state index contributed by atoms with van der Waals surface area (Å²) in [6.07, 6.45) is -0.526. The van der Waals surface area contributed by atoms with Crippen LogP contribution < -0.4 is 0 Å². The Bertz CT molecular complexity index is 598. The molecule has 0 bridgehead atoms. The topological polar surface area (TPSA) is 23.5 Å². The van der Waals surface area contributed by atoms with Gasteiger partial charge >= 0.3 is 0 Å². The maximum atomic E-state index is 13.8. The van der Waals surface area contributed by atoms with Gasteiger partial charge in [-0.15, -0.1) is 11.3 Å². The number of aliphatic hydroxyl groups excluding tert-OH is 1. The normalized spacial score (nSPS) is 12.9. The van der Waals surface area contributed by atoms with Crippen molar-refractivity contribution in [3.63, 3.8) is 0 Å². The molecule has 1 aromatic heterocycles. The van der Waals surface area contributed by atoms with E-state index in [0.717, 1.165) is 6.07 Å². The summed E-state index contributed by atoms with van der Waals surface area (Å²) in [5, 5.41) is 11.6. The van der Waals surface area contributed by atoms with Gasteiger partial charge in [0.2, 0.25) is 0 Å². The molecule has 1 heterocycles. The Morgan fingerprint density at radius 1 is 1.24 bits per heavy atom. The van der Waals surface area contributed by atoms with E-state index in [9.17, 15) is 13.9 Å². The molecule has 0 saturated carbocycles. The number of hydrogen-bond donors (Lipinski definition) is 1. The molecule has 21 heavy (non-hydrogen) atoms. The van der Waals surface area contributed by atoms with Crippen molar-refractivity contribution in [1.82, 2.24) is 4.90 Å². The van der Waals surface area contributed by atoms with Crippen molar-refractivity contribution >= 4 is 11.3 Å². The number of rotatable bonds is 6. The number of halogens is 2. The van der Waals surface area contributed by atoms with Gasteiger partial charge in [-0.1, -0.05) is 12.1 Å². The van der Waals surface area contributed by atoms with Gasteiger partial charge in [-0.05, 0) is 36.9 Å². The third kappa shape index (κ3) is 4.33. The molecular formula is C16H19F2NOS. The van der Waals surface area contributed by atoms with Gasteiger partial charge < -0.3 is 5.11 Å². The lowest BCUT2D eigenvalue weighted by Gasteiger charge is -2.24. The minimum absolute atomic E-state index is 0.270. The first-order valence-corrected chi connectivity index (χ1v) is 7.71. The lowest BCUT2D eigenvalue weighted by Crippen LogP contribution is -2.30. The highest BCUT2D eigenvalue weighted by atomic mass is 32.1. The average Bonchev–Trinajstić information content (AvgIpc) is 2.80. The number of aryl methyl sites for hydroxylation is 1. The number of benzene rings is 1. The zero-order chi connectivity index (χ0) is 15.4. The highest BCUT2D eigenvalue weighted by Crippen LogP contribution is 2.20. The second kappa shape index (κ2) is 7.11. The molecule has 1 atom stereocenters. The molecule has 0 aliphatic rings. The Labute approximate surface area is 127 Å². The van der Waals surface area contributed by atoms with Crippen LogP contribution in [0.15, 0.2) is 29.6 Å². The van der Waals surface area contributed by atoms with Crippen LogP contribution in [0.3, 0.4) is 0 Å². The molecule has 0 aliphatic carbocycles. The average molecular weight is 311 g/mol. The van der Waals surface area contributed by atoms with Crippen molar-refractivity contribution in [2.45, 2.75) is 33.0 Å². The summed E-state index contributed by atoms with van der Waals surface area (Å²) in [5.74, 6) is -1.65. The maximum Gasteiger partial charge on any atom is 0.163 e. The van der Waals surface area contributed by atoms with Crippen LogP contribution in [0.4, 0.5) is 8.78 Å². The summed E-state index contributed by atoms with van der Waals surface area (Å²) in [6, 6.07) is 6.23. The lowest BCUT2D eigenvalue weighted by atomic mass is 10.1. The van der Waals surface area contributed by atoms with E-state index in [1.165, 1.54) is 16.5 Å². The van der Waals surface area contributed by atoms with Gasteiger partial charge in [0.25, 0.3) is 0 Å². The molecule has 0 amide bonds. The molecule has 0 saturated heterocycles. The van der Waals surface area contributed by atoms with Crippen LogP contribution in [0, 0.1) is 18.6 Å². The van der Waals surface area contributed by atoms with Crippen LogP contribution in [-0.2, 0) is 13.1 Å². The first-order chi connectivity index (χ1) is 9.97. The van der Waals surface area contributed by atoms with Crippen LogP contribution in [0.25, 0.3) is 0 Å². The van der Waals surface area contributed by atoms with Gasteiger partial charge in [0.15, 0.2) is 11.6 Å². The maximum absolute atomic E-state index is 13.8. The predicted molar refractivity (Wildman–Crippen MR) is 81.2 cm³/mol. The Morgan fingerprint density at radius 3 is 2.62 bits per heavy atom. The zero-order valence-electron chi connectivity index (χ0n) is 12.1. The van der Waals surface area contributed by atoms with Crippen LogP contribution >= 0.6 is 11.3 Å². The molecule has 2 rings (SSSR count). The Balaban J connectivity index is 2.16. The van der Waals surface area contributed by atoms with Gasteiger partial charge in [0, 0.05) is 30.1 Å². The molecule has 5 heteroatoms. The fourth-order valence-corrected chi connectivity index (χ4v) is 3.19. The minimum Gasteiger partial charge on any atom is -0.392 e. The van der Waals surface area contributed by atoms with Crippen LogP contribution in [0.1, 0.15) is 22.9 Å². The van der Waals surface area contributed by atoms with Crippen LogP contribution in [0.2, 0.25) is 0 Å². The second-order valence-corrected chi connectivity index (χ2v) is 6.26. The number of thiophene rings is 1. The highest BCUT2D eigenvalue weighted by Gasteiger charge is 2.15. The fraction of sp³-hybridized carbons (Fsp3) is 0.375. The van der Waals surface area contributed by atoms with E-state index in [4.69, 9.17) is 0 Å². The summed E-state index contributed by atoms with van der Waals surface area (Å²) < 4.78 is 27.1. The predicted octanol–water partition coefficient (Wildman–Crippen LogP) is 3.72. The SMILES string of the molecule is Cc1ccsc1CN(Cc1cccc(F)c1F)CC(C)O. The van der Waals surface area contributed by atoms with Crippen molar-refractivity contribution in [3.8, 4) is 0 Å². The largest absolute Gasteiger partial charge is 0.392 e. The molecule has 2 aromatic rings. The molecule has 114 valence electrons. The quantitative estimate of drug-likeness (QED) is 0.879. The van der Waals surface area contributed by atoms with Crippen molar-refractivity contribution < 1.29 is 13.9 Å².